The smallest absolute Gasteiger partial charge is 0.191 e. The molecule has 0 spiro atoms. The molecule has 2 heteroatoms. The fraction of sp³-hybridized carbons (Fsp3) is 0.556. The molecule has 1 aromatic carbocycles. The van der Waals surface area contributed by atoms with E-state index in [0.717, 1.165) is 12.5 Å². The van der Waals surface area contributed by atoms with Gasteiger partial charge in [-0.1, -0.05) is 62.8 Å². The summed E-state index contributed by atoms with van der Waals surface area (Å²) in [5, 5.41) is 0. The third-order valence-electron chi connectivity index (χ3n) is 3.84. The Kier molecular flexibility index (Phi) is 4.42. The summed E-state index contributed by atoms with van der Waals surface area (Å²) in [5.41, 5.74) is 2.70. The molecule has 0 aliphatic carbocycles. The van der Waals surface area contributed by atoms with Crippen LogP contribution in [0.5, 0.6) is 0 Å². The molecule has 0 aromatic heterocycles. The molecule has 1 aromatic rings. The third kappa shape index (κ3) is 4.06. The Bertz CT molecular complexity index is 509. The number of hydrogen-bond acceptors (Lipinski definition) is 1. The molecule has 1 fully saturated rings. The van der Waals surface area contributed by atoms with Gasteiger partial charge in [0.05, 0.1) is 7.45 Å². The second kappa shape index (κ2) is 6.27. The highest BCUT2D eigenvalue weighted by molar-refractivity contribution is 6.71. The summed E-state index contributed by atoms with van der Waals surface area (Å²) in [6.45, 7) is 10.9. The van der Waals surface area contributed by atoms with Crippen LogP contribution in [0, 0.1) is 11.8 Å². The fourth-order valence-electron chi connectivity index (χ4n) is 3.15. The van der Waals surface area contributed by atoms with Crippen molar-refractivity contribution in [2.45, 2.75) is 52.4 Å². The minimum absolute atomic E-state index is 0.218. The summed E-state index contributed by atoms with van der Waals surface area (Å²) in [6.07, 6.45) is 2.52. The maximum Gasteiger partial charge on any atom is 0.191 e. The van der Waals surface area contributed by atoms with Crippen LogP contribution in [0.15, 0.2) is 35.9 Å². The van der Waals surface area contributed by atoms with Crippen molar-refractivity contribution < 1.29 is 5.80 Å². The zero-order chi connectivity index (χ0) is 15.7. The Hall–Kier alpha value is -0.863. The van der Waals surface area contributed by atoms with E-state index in [2.05, 4.69) is 64.2 Å². The Balaban J connectivity index is 2.33. The average molecular weight is 290 g/mol. The number of allylic oxidation sites excluding steroid dienone is 1. The van der Waals surface area contributed by atoms with Gasteiger partial charge in [-0.3, -0.25) is 0 Å². The van der Waals surface area contributed by atoms with Gasteiger partial charge in [0.15, 0.2) is 8.32 Å². The molecule has 1 nitrogen and oxygen atoms in total. The van der Waals surface area contributed by atoms with Crippen molar-refractivity contribution in [1.29, 1.82) is 0 Å². The molecule has 1 aliphatic heterocycles. The predicted molar refractivity (Wildman–Crippen MR) is 90.2 cm³/mol. The molecule has 110 valence electrons. The maximum atomic E-state index is 8.83. The van der Waals surface area contributed by atoms with Crippen molar-refractivity contribution >= 4 is 14.4 Å². The van der Waals surface area contributed by atoms with Crippen LogP contribution in [-0.2, 0) is 4.43 Å². The lowest BCUT2D eigenvalue weighted by Gasteiger charge is -2.31. The van der Waals surface area contributed by atoms with Gasteiger partial charge in [0.2, 0.25) is 0 Å². The SMILES string of the molecule is [2H]C1(C(C)C)O[Si](C)(C)C/C(=C/c2ccccc2)CC1C. The highest BCUT2D eigenvalue weighted by Gasteiger charge is 2.36. The van der Waals surface area contributed by atoms with E-state index in [4.69, 9.17) is 5.80 Å². The first-order chi connectivity index (χ1) is 9.73. The lowest BCUT2D eigenvalue weighted by molar-refractivity contribution is 0.0949. The summed E-state index contributed by atoms with van der Waals surface area (Å²) in [7, 11) is -1.85. The molecule has 0 amide bonds. The molecule has 0 radical (unpaired) electrons. The van der Waals surface area contributed by atoms with E-state index < -0.39 is 14.4 Å². The molecule has 1 saturated heterocycles. The van der Waals surface area contributed by atoms with Crippen molar-refractivity contribution in [2.24, 2.45) is 11.8 Å². The minimum Gasteiger partial charge on any atom is -0.414 e. The number of benzene rings is 1. The molecule has 20 heavy (non-hydrogen) atoms. The normalized spacial score (nSPS) is 33.0. The summed E-state index contributed by atoms with van der Waals surface area (Å²) in [5.74, 6) is 0.442. The van der Waals surface area contributed by atoms with Crippen LogP contribution in [0.2, 0.25) is 19.1 Å². The monoisotopic (exact) mass is 289 g/mol. The summed E-state index contributed by atoms with van der Waals surface area (Å²) >= 11 is 0. The molecule has 1 heterocycles. The second-order valence-electron chi connectivity index (χ2n) is 6.91. The molecule has 0 N–H and O–H groups in total. The van der Waals surface area contributed by atoms with E-state index >= 15 is 0 Å². The summed E-state index contributed by atoms with van der Waals surface area (Å²) in [4.78, 5) is 0. The van der Waals surface area contributed by atoms with E-state index in [1.165, 1.54) is 11.1 Å². The molecule has 0 saturated carbocycles. The Morgan fingerprint density at radius 2 is 1.95 bits per heavy atom. The van der Waals surface area contributed by atoms with E-state index in [0.29, 0.717) is 0 Å². The molecule has 0 bridgehead atoms. The quantitative estimate of drug-likeness (QED) is 0.666. The molecule has 2 atom stereocenters. The van der Waals surface area contributed by atoms with Crippen LogP contribution >= 0.6 is 0 Å². The highest BCUT2D eigenvalue weighted by Crippen LogP contribution is 2.36. The van der Waals surface area contributed by atoms with Crippen molar-refractivity contribution in [3.05, 3.63) is 41.5 Å². The molecule has 2 rings (SSSR count). The Morgan fingerprint density at radius 1 is 1.30 bits per heavy atom. The van der Waals surface area contributed by atoms with Crippen LogP contribution in [0.4, 0.5) is 0 Å². The van der Waals surface area contributed by atoms with E-state index in [9.17, 15) is 0 Å². The first-order valence-corrected chi connectivity index (χ1v) is 10.8. The minimum atomic E-state index is -1.85. The van der Waals surface area contributed by atoms with E-state index in [1.807, 2.05) is 6.07 Å². The Morgan fingerprint density at radius 3 is 2.55 bits per heavy atom. The van der Waals surface area contributed by atoms with Gasteiger partial charge in [-0.05, 0) is 43.0 Å². The molecular formula is C18H28OSi. The largest absolute Gasteiger partial charge is 0.414 e. The van der Waals surface area contributed by atoms with Crippen molar-refractivity contribution in [3.63, 3.8) is 0 Å². The zero-order valence-electron chi connectivity index (χ0n) is 14.4. The third-order valence-corrected chi connectivity index (χ3v) is 5.93. The van der Waals surface area contributed by atoms with Crippen molar-refractivity contribution in [2.75, 3.05) is 0 Å². The predicted octanol–water partition coefficient (Wildman–Crippen LogP) is 5.36. The number of rotatable bonds is 2. The first-order valence-electron chi connectivity index (χ1n) is 8.17. The van der Waals surface area contributed by atoms with E-state index in [1.54, 1.807) is 0 Å². The number of hydrogen-bond donors (Lipinski definition) is 0. The van der Waals surface area contributed by atoms with Crippen LogP contribution in [0.1, 0.15) is 34.1 Å². The van der Waals surface area contributed by atoms with Gasteiger partial charge in [-0.2, -0.15) is 0 Å². The summed E-state index contributed by atoms with van der Waals surface area (Å²) < 4.78 is 15.2. The maximum absolute atomic E-state index is 8.83. The zero-order valence-corrected chi connectivity index (χ0v) is 14.4. The molecule has 2 unspecified atom stereocenters. The lowest BCUT2D eigenvalue weighted by Crippen LogP contribution is -2.38. The topological polar surface area (TPSA) is 9.23 Å². The molecular weight excluding hydrogens is 260 g/mol. The standard InChI is InChI=1S/C18H28OSi/c1-14(2)18-15(3)11-17(13-20(4,5)19-18)12-16-9-7-6-8-10-16/h6-10,12,14-15,18H,11,13H2,1-5H3/b17-12+/i18D. The first kappa shape index (κ1) is 14.1. The fourth-order valence-corrected chi connectivity index (χ4v) is 5.64. The van der Waals surface area contributed by atoms with Crippen molar-refractivity contribution in [3.8, 4) is 0 Å². The molecule has 1 aliphatic rings. The average Bonchev–Trinajstić information content (AvgIpc) is 2.46. The van der Waals surface area contributed by atoms with Crippen LogP contribution < -0.4 is 0 Å². The van der Waals surface area contributed by atoms with Gasteiger partial charge in [-0.25, -0.2) is 0 Å². The van der Waals surface area contributed by atoms with Crippen LogP contribution in [0.25, 0.3) is 6.08 Å². The van der Waals surface area contributed by atoms with Gasteiger partial charge >= 0.3 is 0 Å². The summed E-state index contributed by atoms with van der Waals surface area (Å²) in [6, 6.07) is 11.5. The van der Waals surface area contributed by atoms with E-state index in [-0.39, 0.29) is 11.8 Å². The van der Waals surface area contributed by atoms with Gasteiger partial charge in [-0.15, -0.1) is 0 Å². The second-order valence-corrected chi connectivity index (χ2v) is 11.0. The van der Waals surface area contributed by atoms with Crippen LogP contribution in [0.3, 0.4) is 0 Å². The van der Waals surface area contributed by atoms with Gasteiger partial charge in [0.25, 0.3) is 0 Å². The lowest BCUT2D eigenvalue weighted by atomic mass is 9.89. The van der Waals surface area contributed by atoms with Gasteiger partial charge in [0.1, 0.15) is 0 Å². The van der Waals surface area contributed by atoms with Crippen LogP contribution in [-0.4, -0.2) is 14.4 Å². The highest BCUT2D eigenvalue weighted by atomic mass is 28.4. The van der Waals surface area contributed by atoms with Gasteiger partial charge < -0.3 is 4.43 Å². The van der Waals surface area contributed by atoms with Gasteiger partial charge in [0, 0.05) is 0 Å². The Labute approximate surface area is 126 Å². The van der Waals surface area contributed by atoms with Crippen molar-refractivity contribution in [1.82, 2.24) is 0 Å².